The highest BCUT2D eigenvalue weighted by molar-refractivity contribution is 5.64. The molecule has 0 spiro atoms. The van der Waals surface area contributed by atoms with E-state index in [1.165, 1.54) is 0 Å². The molecule has 3 aromatic rings. The average Bonchev–Trinajstić information content (AvgIpc) is 3.22. The summed E-state index contributed by atoms with van der Waals surface area (Å²) in [6.45, 7) is 0. The number of rotatable bonds is 5. The maximum atomic E-state index is 11.2. The van der Waals surface area contributed by atoms with Crippen LogP contribution in [0.15, 0.2) is 54.6 Å². The quantitative estimate of drug-likeness (QED) is 0.690. The number of hydrogen-bond donors (Lipinski definition) is 2. The van der Waals surface area contributed by atoms with Crippen LogP contribution in [0.3, 0.4) is 0 Å². The van der Waals surface area contributed by atoms with Crippen molar-refractivity contribution in [3.63, 3.8) is 0 Å². The van der Waals surface area contributed by atoms with Gasteiger partial charge in [0.25, 0.3) is 0 Å². The van der Waals surface area contributed by atoms with Crippen molar-refractivity contribution in [3.8, 4) is 28.4 Å². The Kier molecular flexibility index (Phi) is 5.30. The van der Waals surface area contributed by atoms with Gasteiger partial charge in [-0.2, -0.15) is 5.10 Å². The van der Waals surface area contributed by atoms with Gasteiger partial charge in [0.1, 0.15) is 17.1 Å². The molecule has 29 heavy (non-hydrogen) atoms. The van der Waals surface area contributed by atoms with Crippen LogP contribution in [0.5, 0.6) is 11.5 Å². The first-order chi connectivity index (χ1) is 14.0. The van der Waals surface area contributed by atoms with Gasteiger partial charge in [0.05, 0.1) is 37.4 Å². The largest absolute Gasteiger partial charge is 0.497 e. The lowest BCUT2D eigenvalue weighted by molar-refractivity contribution is -0.0393. The predicted octanol–water partition coefficient (Wildman–Crippen LogP) is 3.68. The molecule has 1 fully saturated rings. The molecule has 1 heterocycles. The summed E-state index contributed by atoms with van der Waals surface area (Å²) in [4.78, 5) is 0. The van der Waals surface area contributed by atoms with Gasteiger partial charge < -0.3 is 19.7 Å². The summed E-state index contributed by atoms with van der Waals surface area (Å²) in [5, 5.41) is 25.9. The van der Waals surface area contributed by atoms with Gasteiger partial charge in [-0.3, -0.25) is 0 Å². The van der Waals surface area contributed by atoms with E-state index < -0.39 is 5.60 Å². The maximum Gasteiger partial charge on any atom is 0.119 e. The number of methoxy groups -OCH3 is 2. The Morgan fingerprint density at radius 2 is 1.48 bits per heavy atom. The fourth-order valence-electron chi connectivity index (χ4n) is 3.83. The maximum absolute atomic E-state index is 11.2. The van der Waals surface area contributed by atoms with E-state index in [1.807, 2.05) is 59.3 Å². The van der Waals surface area contributed by atoms with Crippen molar-refractivity contribution < 1.29 is 19.7 Å². The van der Waals surface area contributed by atoms with Crippen LogP contribution in [0.1, 0.15) is 31.4 Å². The van der Waals surface area contributed by atoms with Gasteiger partial charge in [0.2, 0.25) is 0 Å². The number of aliphatic hydroxyl groups is 2. The van der Waals surface area contributed by atoms with Crippen LogP contribution in [0.4, 0.5) is 0 Å². The summed E-state index contributed by atoms with van der Waals surface area (Å²) < 4.78 is 12.4. The highest BCUT2D eigenvalue weighted by Crippen LogP contribution is 2.39. The van der Waals surface area contributed by atoms with Crippen molar-refractivity contribution in [2.75, 3.05) is 14.2 Å². The van der Waals surface area contributed by atoms with Crippen molar-refractivity contribution >= 4 is 0 Å². The van der Waals surface area contributed by atoms with E-state index in [2.05, 4.69) is 0 Å². The fraction of sp³-hybridized carbons (Fsp3) is 0.348. The minimum Gasteiger partial charge on any atom is -0.497 e. The van der Waals surface area contributed by atoms with Crippen LogP contribution in [-0.4, -0.2) is 40.3 Å². The fourth-order valence-corrected chi connectivity index (χ4v) is 3.83. The SMILES string of the molecule is COc1ccc(-c2cc([C@]3(O)CC[C@@H](O)CC3)nn2-c2ccc(OC)cc2)cc1. The molecule has 6 heteroatoms. The highest BCUT2D eigenvalue weighted by Gasteiger charge is 2.37. The van der Waals surface area contributed by atoms with E-state index in [-0.39, 0.29) is 6.10 Å². The summed E-state index contributed by atoms with van der Waals surface area (Å²) in [6.07, 6.45) is 1.79. The Bertz CT molecular complexity index is 891. The van der Waals surface area contributed by atoms with Crippen molar-refractivity contribution in [2.24, 2.45) is 0 Å². The molecule has 0 saturated heterocycles. The summed E-state index contributed by atoms with van der Waals surface area (Å²) >= 11 is 0. The number of nitrogens with zero attached hydrogens (tertiary/aromatic N) is 2. The van der Waals surface area contributed by atoms with E-state index in [1.54, 1.807) is 14.2 Å². The van der Waals surface area contributed by atoms with E-state index >= 15 is 0 Å². The molecule has 6 nitrogen and oxygen atoms in total. The van der Waals surface area contributed by atoms with E-state index in [0.29, 0.717) is 31.4 Å². The number of aliphatic hydroxyl groups excluding tert-OH is 1. The number of benzene rings is 2. The second-order valence-electron chi connectivity index (χ2n) is 7.52. The molecule has 1 saturated carbocycles. The van der Waals surface area contributed by atoms with Gasteiger partial charge >= 0.3 is 0 Å². The molecular weight excluding hydrogens is 368 g/mol. The Morgan fingerprint density at radius 1 is 0.931 bits per heavy atom. The third-order valence-electron chi connectivity index (χ3n) is 5.67. The Balaban J connectivity index is 1.79. The lowest BCUT2D eigenvalue weighted by atomic mass is 9.81. The molecule has 4 rings (SSSR count). The molecule has 0 unspecified atom stereocenters. The van der Waals surface area contributed by atoms with Gasteiger partial charge in [0.15, 0.2) is 0 Å². The zero-order chi connectivity index (χ0) is 20.4. The van der Waals surface area contributed by atoms with Crippen molar-refractivity contribution in [1.82, 2.24) is 9.78 Å². The van der Waals surface area contributed by atoms with Crippen LogP contribution in [-0.2, 0) is 5.60 Å². The van der Waals surface area contributed by atoms with Crippen LogP contribution >= 0.6 is 0 Å². The Morgan fingerprint density at radius 3 is 2.03 bits per heavy atom. The zero-order valence-electron chi connectivity index (χ0n) is 16.7. The molecule has 0 amide bonds. The Hall–Kier alpha value is -2.83. The number of ether oxygens (including phenoxy) is 2. The van der Waals surface area contributed by atoms with Crippen LogP contribution < -0.4 is 9.47 Å². The standard InChI is InChI=1S/C23H26N2O4/c1-28-19-7-3-16(4-8-19)21-15-22(23(27)13-11-18(26)12-14-23)24-25(21)17-5-9-20(29-2)10-6-17/h3-10,15,18,26-27H,11-14H2,1-2H3/t18-,23+. The average molecular weight is 394 g/mol. The smallest absolute Gasteiger partial charge is 0.119 e. The van der Waals surface area contributed by atoms with E-state index in [4.69, 9.17) is 14.6 Å². The van der Waals surface area contributed by atoms with Crippen molar-refractivity contribution in [2.45, 2.75) is 37.4 Å². The molecule has 0 aliphatic heterocycles. The predicted molar refractivity (Wildman–Crippen MR) is 110 cm³/mol. The molecule has 1 aliphatic carbocycles. The lowest BCUT2D eigenvalue weighted by Gasteiger charge is -2.32. The molecular formula is C23H26N2O4. The summed E-state index contributed by atoms with van der Waals surface area (Å²) in [5.74, 6) is 1.55. The molecule has 152 valence electrons. The van der Waals surface area contributed by atoms with E-state index in [9.17, 15) is 10.2 Å². The number of aromatic nitrogens is 2. The first kappa shape index (κ1) is 19.5. The third-order valence-corrected chi connectivity index (χ3v) is 5.67. The number of hydrogen-bond acceptors (Lipinski definition) is 5. The normalized spacial score (nSPS) is 21.7. The second kappa shape index (κ2) is 7.89. The van der Waals surface area contributed by atoms with Gasteiger partial charge in [0, 0.05) is 5.56 Å². The summed E-state index contributed by atoms with van der Waals surface area (Å²) in [6, 6.07) is 17.4. The molecule has 2 aromatic carbocycles. The van der Waals surface area contributed by atoms with Gasteiger partial charge in [-0.15, -0.1) is 0 Å². The lowest BCUT2D eigenvalue weighted by Crippen LogP contribution is -2.33. The minimum absolute atomic E-state index is 0.347. The molecule has 0 bridgehead atoms. The van der Waals surface area contributed by atoms with Crippen molar-refractivity contribution in [1.29, 1.82) is 0 Å². The third kappa shape index (κ3) is 3.86. The van der Waals surface area contributed by atoms with Crippen LogP contribution in [0.2, 0.25) is 0 Å². The van der Waals surface area contributed by atoms with E-state index in [0.717, 1.165) is 28.4 Å². The molecule has 0 radical (unpaired) electrons. The topological polar surface area (TPSA) is 76.7 Å². The molecule has 2 N–H and O–H groups in total. The van der Waals surface area contributed by atoms with Crippen LogP contribution in [0, 0.1) is 0 Å². The van der Waals surface area contributed by atoms with Gasteiger partial charge in [-0.1, -0.05) is 0 Å². The zero-order valence-corrected chi connectivity index (χ0v) is 16.7. The first-order valence-corrected chi connectivity index (χ1v) is 9.82. The van der Waals surface area contributed by atoms with Crippen molar-refractivity contribution in [3.05, 3.63) is 60.3 Å². The summed E-state index contributed by atoms with van der Waals surface area (Å²) in [5.41, 5.74) is 2.33. The Labute approximate surface area is 170 Å². The minimum atomic E-state index is -1.03. The summed E-state index contributed by atoms with van der Waals surface area (Å²) in [7, 11) is 3.28. The monoisotopic (exact) mass is 394 g/mol. The highest BCUT2D eigenvalue weighted by atomic mass is 16.5. The van der Waals surface area contributed by atoms with Gasteiger partial charge in [-0.05, 0) is 80.3 Å². The van der Waals surface area contributed by atoms with Crippen LogP contribution in [0.25, 0.3) is 16.9 Å². The molecule has 1 aliphatic rings. The first-order valence-electron chi connectivity index (χ1n) is 9.82. The van der Waals surface area contributed by atoms with Gasteiger partial charge in [-0.25, -0.2) is 4.68 Å². The molecule has 0 atom stereocenters. The molecule has 1 aromatic heterocycles. The second-order valence-corrected chi connectivity index (χ2v) is 7.52.